The minimum atomic E-state index is -0.593. The van der Waals surface area contributed by atoms with Gasteiger partial charge in [-0.15, -0.1) is 0 Å². The van der Waals surface area contributed by atoms with Crippen molar-refractivity contribution in [3.8, 4) is 11.8 Å². The zero-order valence-electron chi connectivity index (χ0n) is 14.6. The fourth-order valence-electron chi connectivity index (χ4n) is 2.84. The first kappa shape index (κ1) is 18.1. The molecule has 3 rings (SSSR count). The van der Waals surface area contributed by atoms with Crippen LogP contribution >= 0.6 is 0 Å². The Morgan fingerprint density at radius 2 is 2.15 bits per heavy atom. The highest BCUT2D eigenvalue weighted by molar-refractivity contribution is 5.82. The predicted octanol–water partition coefficient (Wildman–Crippen LogP) is 2.18. The molecular weight excluding hydrogens is 337 g/mol. The van der Waals surface area contributed by atoms with Crippen LogP contribution in [0.4, 0.5) is 4.39 Å². The fraction of sp³-hybridized carbons (Fsp3) is 0.368. The minimum Gasteiger partial charge on any atom is -0.481 e. The summed E-state index contributed by atoms with van der Waals surface area (Å²) in [5.41, 5.74) is 1.37. The number of carbonyl (C=O) groups excluding carboxylic acids is 1. The standard InChI is InChI=1S/C19H22FN3O3/c1-25-18-14(11-22-17(24)16-8-5-9-21-16)10-15(20)19(23-18)26-12-13-6-3-2-4-7-13/h2-4,6-7,10,16,21H,5,8-9,11-12H2,1H3,(H,22,24)/t16-/m0/s1. The van der Waals surface area contributed by atoms with Crippen LogP contribution in [0.1, 0.15) is 24.0 Å². The first-order valence-electron chi connectivity index (χ1n) is 8.58. The molecule has 1 aromatic heterocycles. The molecule has 26 heavy (non-hydrogen) atoms. The number of rotatable bonds is 7. The molecule has 138 valence electrons. The smallest absolute Gasteiger partial charge is 0.254 e. The average Bonchev–Trinajstić information content (AvgIpc) is 3.21. The molecule has 1 aliphatic heterocycles. The number of pyridine rings is 1. The Bertz CT molecular complexity index is 749. The van der Waals surface area contributed by atoms with Crippen LogP contribution in [0.2, 0.25) is 0 Å². The van der Waals surface area contributed by atoms with E-state index in [9.17, 15) is 9.18 Å². The lowest BCUT2D eigenvalue weighted by atomic mass is 10.2. The van der Waals surface area contributed by atoms with E-state index in [2.05, 4.69) is 15.6 Å². The quantitative estimate of drug-likeness (QED) is 0.793. The Labute approximate surface area is 151 Å². The maximum atomic E-state index is 14.3. The number of nitrogens with zero attached hydrogens (tertiary/aromatic N) is 1. The largest absolute Gasteiger partial charge is 0.481 e. The van der Waals surface area contributed by atoms with Gasteiger partial charge in [-0.05, 0) is 31.0 Å². The van der Waals surface area contributed by atoms with Gasteiger partial charge in [0.15, 0.2) is 5.82 Å². The summed E-state index contributed by atoms with van der Waals surface area (Å²) < 4.78 is 25.0. The van der Waals surface area contributed by atoms with Crippen LogP contribution in [0, 0.1) is 5.82 Å². The average molecular weight is 359 g/mol. The van der Waals surface area contributed by atoms with Crippen molar-refractivity contribution in [1.29, 1.82) is 0 Å². The molecule has 2 aromatic rings. The van der Waals surface area contributed by atoms with Crippen molar-refractivity contribution >= 4 is 5.91 Å². The Hall–Kier alpha value is -2.67. The monoisotopic (exact) mass is 359 g/mol. The third kappa shape index (κ3) is 4.49. The topological polar surface area (TPSA) is 72.5 Å². The van der Waals surface area contributed by atoms with E-state index in [0.29, 0.717) is 5.56 Å². The van der Waals surface area contributed by atoms with Crippen LogP contribution in [0.5, 0.6) is 11.8 Å². The van der Waals surface area contributed by atoms with Gasteiger partial charge in [0.2, 0.25) is 11.8 Å². The van der Waals surface area contributed by atoms with E-state index < -0.39 is 5.82 Å². The van der Waals surface area contributed by atoms with Crippen molar-refractivity contribution in [2.75, 3.05) is 13.7 Å². The van der Waals surface area contributed by atoms with Gasteiger partial charge in [0.05, 0.1) is 13.2 Å². The molecule has 1 fully saturated rings. The maximum Gasteiger partial charge on any atom is 0.254 e. The number of amides is 1. The van der Waals surface area contributed by atoms with E-state index in [-0.39, 0.29) is 36.9 Å². The molecule has 0 radical (unpaired) electrons. The van der Waals surface area contributed by atoms with Crippen LogP contribution in [0.3, 0.4) is 0 Å². The molecule has 1 aromatic carbocycles. The molecule has 2 heterocycles. The van der Waals surface area contributed by atoms with Gasteiger partial charge in [-0.25, -0.2) is 4.39 Å². The number of hydrogen-bond acceptors (Lipinski definition) is 5. The van der Waals surface area contributed by atoms with Crippen molar-refractivity contribution in [1.82, 2.24) is 15.6 Å². The number of benzene rings is 1. The summed E-state index contributed by atoms with van der Waals surface area (Å²) in [5.74, 6) is -0.591. The summed E-state index contributed by atoms with van der Waals surface area (Å²) >= 11 is 0. The lowest BCUT2D eigenvalue weighted by Crippen LogP contribution is -2.40. The van der Waals surface area contributed by atoms with Gasteiger partial charge in [-0.3, -0.25) is 4.79 Å². The van der Waals surface area contributed by atoms with Gasteiger partial charge in [0.1, 0.15) is 6.61 Å². The molecule has 0 aliphatic carbocycles. The SMILES string of the molecule is COc1nc(OCc2ccccc2)c(F)cc1CNC(=O)[C@@H]1CCCN1. The lowest BCUT2D eigenvalue weighted by Gasteiger charge is -2.14. The van der Waals surface area contributed by atoms with Crippen molar-refractivity contribution in [2.45, 2.75) is 32.0 Å². The van der Waals surface area contributed by atoms with E-state index >= 15 is 0 Å². The molecule has 1 amide bonds. The van der Waals surface area contributed by atoms with Gasteiger partial charge < -0.3 is 20.1 Å². The number of methoxy groups -OCH3 is 1. The Morgan fingerprint density at radius 3 is 2.85 bits per heavy atom. The second-order valence-corrected chi connectivity index (χ2v) is 6.08. The van der Waals surface area contributed by atoms with Crippen molar-refractivity contribution < 1.29 is 18.7 Å². The van der Waals surface area contributed by atoms with Crippen LogP contribution in [-0.4, -0.2) is 30.6 Å². The van der Waals surface area contributed by atoms with Crippen molar-refractivity contribution in [2.24, 2.45) is 0 Å². The first-order valence-corrected chi connectivity index (χ1v) is 8.58. The zero-order chi connectivity index (χ0) is 18.4. The second-order valence-electron chi connectivity index (χ2n) is 6.08. The molecule has 0 saturated carbocycles. The van der Waals surface area contributed by atoms with Crippen LogP contribution in [-0.2, 0) is 17.9 Å². The lowest BCUT2D eigenvalue weighted by molar-refractivity contribution is -0.122. The predicted molar refractivity (Wildman–Crippen MR) is 94.4 cm³/mol. The normalized spacial score (nSPS) is 16.3. The molecule has 1 aliphatic rings. The number of hydrogen-bond donors (Lipinski definition) is 2. The number of ether oxygens (including phenoxy) is 2. The second kappa shape index (κ2) is 8.62. The summed E-state index contributed by atoms with van der Waals surface area (Å²) in [6, 6.07) is 10.5. The number of aromatic nitrogens is 1. The molecule has 1 saturated heterocycles. The molecule has 2 N–H and O–H groups in total. The zero-order valence-corrected chi connectivity index (χ0v) is 14.6. The molecule has 7 heteroatoms. The van der Waals surface area contributed by atoms with Gasteiger partial charge in [-0.2, -0.15) is 4.98 Å². The van der Waals surface area contributed by atoms with Crippen molar-refractivity contribution in [3.63, 3.8) is 0 Å². The minimum absolute atomic E-state index is 0.102. The molecule has 0 unspecified atom stereocenters. The van der Waals surface area contributed by atoms with Crippen LogP contribution < -0.4 is 20.1 Å². The molecule has 0 bridgehead atoms. The number of carbonyl (C=O) groups is 1. The van der Waals surface area contributed by atoms with E-state index in [0.717, 1.165) is 24.9 Å². The van der Waals surface area contributed by atoms with E-state index in [1.54, 1.807) is 0 Å². The summed E-state index contributed by atoms with van der Waals surface area (Å²) in [6.07, 6.45) is 1.78. The highest BCUT2D eigenvalue weighted by atomic mass is 19.1. The Kier molecular flexibility index (Phi) is 6.01. The van der Waals surface area contributed by atoms with Gasteiger partial charge in [0.25, 0.3) is 5.88 Å². The van der Waals surface area contributed by atoms with E-state index in [4.69, 9.17) is 9.47 Å². The number of halogens is 1. The van der Waals surface area contributed by atoms with Gasteiger partial charge >= 0.3 is 0 Å². The maximum absolute atomic E-state index is 14.3. The molecule has 6 nitrogen and oxygen atoms in total. The van der Waals surface area contributed by atoms with Gasteiger partial charge in [0, 0.05) is 12.1 Å². The van der Waals surface area contributed by atoms with Crippen LogP contribution in [0.25, 0.3) is 0 Å². The highest BCUT2D eigenvalue weighted by Crippen LogP contribution is 2.24. The summed E-state index contributed by atoms with van der Waals surface area (Å²) in [6.45, 7) is 1.19. The summed E-state index contributed by atoms with van der Waals surface area (Å²) in [5, 5.41) is 5.91. The Balaban J connectivity index is 1.65. The van der Waals surface area contributed by atoms with Crippen molar-refractivity contribution in [3.05, 3.63) is 53.3 Å². The summed E-state index contributed by atoms with van der Waals surface area (Å²) in [7, 11) is 1.45. The molecule has 0 spiro atoms. The third-order valence-electron chi connectivity index (χ3n) is 4.22. The number of nitrogens with one attached hydrogen (secondary N) is 2. The summed E-state index contributed by atoms with van der Waals surface area (Å²) in [4.78, 5) is 16.2. The van der Waals surface area contributed by atoms with Crippen LogP contribution in [0.15, 0.2) is 36.4 Å². The fourth-order valence-corrected chi connectivity index (χ4v) is 2.84. The van der Waals surface area contributed by atoms with E-state index in [1.807, 2.05) is 30.3 Å². The molecular formula is C19H22FN3O3. The third-order valence-corrected chi connectivity index (χ3v) is 4.22. The van der Waals surface area contributed by atoms with Gasteiger partial charge in [-0.1, -0.05) is 30.3 Å². The highest BCUT2D eigenvalue weighted by Gasteiger charge is 2.22. The molecule has 1 atom stereocenters. The Morgan fingerprint density at radius 1 is 1.35 bits per heavy atom. The first-order chi connectivity index (χ1) is 12.7. The van der Waals surface area contributed by atoms with E-state index in [1.165, 1.54) is 13.2 Å².